The van der Waals surface area contributed by atoms with Gasteiger partial charge in [0.05, 0.1) is 31.0 Å². The molecule has 3 rings (SSSR count). The second kappa shape index (κ2) is 11.5. The molecule has 0 aliphatic carbocycles. The summed E-state index contributed by atoms with van der Waals surface area (Å²) >= 11 is 1.21. The number of methoxy groups -OCH3 is 1. The molecule has 3 aromatic rings. The minimum absolute atomic E-state index is 0.00820. The van der Waals surface area contributed by atoms with Crippen LogP contribution in [0.25, 0.3) is 11.4 Å². The number of carbonyl (C=O) groups is 1. The maximum atomic E-state index is 12.8. The third kappa shape index (κ3) is 7.06. The SMILES string of the molecule is COCCn1c(SCC(=O)NCC#Cc2cccc(C(F)(F)F)c2)nnc1-c1ccncc1. The van der Waals surface area contributed by atoms with E-state index in [9.17, 15) is 18.0 Å². The summed E-state index contributed by atoms with van der Waals surface area (Å²) < 4.78 is 45.3. The molecule has 0 aliphatic heterocycles. The molecule has 1 N–H and O–H groups in total. The molecule has 1 aromatic carbocycles. The Hall–Kier alpha value is -3.36. The maximum Gasteiger partial charge on any atom is 0.416 e. The Morgan fingerprint density at radius 2 is 2.00 bits per heavy atom. The highest BCUT2D eigenvalue weighted by atomic mass is 32.2. The molecule has 0 bridgehead atoms. The van der Waals surface area contributed by atoms with Crippen molar-refractivity contribution < 1.29 is 22.7 Å². The lowest BCUT2D eigenvalue weighted by Crippen LogP contribution is -2.25. The van der Waals surface area contributed by atoms with Crippen molar-refractivity contribution in [1.82, 2.24) is 25.1 Å². The van der Waals surface area contributed by atoms with E-state index in [1.165, 1.54) is 23.9 Å². The molecule has 1 amide bonds. The van der Waals surface area contributed by atoms with Gasteiger partial charge < -0.3 is 10.1 Å². The van der Waals surface area contributed by atoms with Gasteiger partial charge in [-0.2, -0.15) is 13.2 Å². The van der Waals surface area contributed by atoms with Crippen molar-refractivity contribution in [3.05, 3.63) is 59.9 Å². The van der Waals surface area contributed by atoms with Gasteiger partial charge in [-0.15, -0.1) is 10.2 Å². The number of halogens is 3. The van der Waals surface area contributed by atoms with Crippen LogP contribution in [-0.2, 0) is 22.3 Å². The van der Waals surface area contributed by atoms with Gasteiger partial charge in [0.2, 0.25) is 5.91 Å². The predicted molar refractivity (Wildman–Crippen MR) is 117 cm³/mol. The number of ether oxygens (including phenoxy) is 1. The summed E-state index contributed by atoms with van der Waals surface area (Å²) in [4.78, 5) is 16.2. The first-order valence-corrected chi connectivity index (χ1v) is 10.7. The maximum absolute atomic E-state index is 12.8. The average molecular weight is 475 g/mol. The lowest BCUT2D eigenvalue weighted by molar-refractivity contribution is -0.137. The molecule has 11 heteroatoms. The molecular formula is C22H20F3N5O2S. The fourth-order valence-electron chi connectivity index (χ4n) is 2.74. The van der Waals surface area contributed by atoms with Crippen LogP contribution in [-0.4, -0.2) is 51.7 Å². The van der Waals surface area contributed by atoms with Gasteiger partial charge in [-0.25, -0.2) is 0 Å². The van der Waals surface area contributed by atoms with E-state index in [4.69, 9.17) is 4.74 Å². The number of thioether (sulfide) groups is 1. The van der Waals surface area contributed by atoms with Crippen LogP contribution in [0.4, 0.5) is 13.2 Å². The van der Waals surface area contributed by atoms with E-state index in [2.05, 4.69) is 32.3 Å². The zero-order valence-corrected chi connectivity index (χ0v) is 18.4. The normalized spacial score (nSPS) is 11.0. The van der Waals surface area contributed by atoms with Crippen LogP contribution >= 0.6 is 11.8 Å². The van der Waals surface area contributed by atoms with Gasteiger partial charge >= 0.3 is 6.18 Å². The minimum Gasteiger partial charge on any atom is -0.383 e. The first-order valence-electron chi connectivity index (χ1n) is 9.76. The quantitative estimate of drug-likeness (QED) is 0.398. The van der Waals surface area contributed by atoms with E-state index in [0.717, 1.165) is 17.7 Å². The highest BCUT2D eigenvalue weighted by Crippen LogP contribution is 2.29. The molecule has 33 heavy (non-hydrogen) atoms. The molecular weight excluding hydrogens is 455 g/mol. The number of carbonyl (C=O) groups excluding carboxylic acids is 1. The Bertz CT molecular complexity index is 1140. The van der Waals surface area contributed by atoms with Crippen LogP contribution in [0.5, 0.6) is 0 Å². The minimum atomic E-state index is -4.43. The summed E-state index contributed by atoms with van der Waals surface area (Å²) in [6.45, 7) is 0.961. The van der Waals surface area contributed by atoms with Crippen LogP contribution in [0.1, 0.15) is 11.1 Å². The zero-order valence-electron chi connectivity index (χ0n) is 17.6. The number of pyridine rings is 1. The van der Waals surface area contributed by atoms with E-state index >= 15 is 0 Å². The van der Waals surface area contributed by atoms with Gasteiger partial charge in [-0.05, 0) is 30.3 Å². The van der Waals surface area contributed by atoms with E-state index < -0.39 is 11.7 Å². The van der Waals surface area contributed by atoms with Crippen LogP contribution in [0.2, 0.25) is 0 Å². The molecule has 2 aromatic heterocycles. The van der Waals surface area contributed by atoms with E-state index in [1.54, 1.807) is 19.5 Å². The monoisotopic (exact) mass is 475 g/mol. The second-order valence-electron chi connectivity index (χ2n) is 6.63. The van der Waals surface area contributed by atoms with Crippen molar-refractivity contribution in [2.45, 2.75) is 17.9 Å². The van der Waals surface area contributed by atoms with Crippen molar-refractivity contribution >= 4 is 17.7 Å². The van der Waals surface area contributed by atoms with Gasteiger partial charge in [0.25, 0.3) is 0 Å². The van der Waals surface area contributed by atoms with Crippen molar-refractivity contribution in [3.63, 3.8) is 0 Å². The topological polar surface area (TPSA) is 81.9 Å². The van der Waals surface area contributed by atoms with Crippen molar-refractivity contribution in [1.29, 1.82) is 0 Å². The second-order valence-corrected chi connectivity index (χ2v) is 7.57. The smallest absolute Gasteiger partial charge is 0.383 e. The van der Waals surface area contributed by atoms with Crippen molar-refractivity contribution in [3.8, 4) is 23.2 Å². The number of amides is 1. The third-order valence-corrected chi connectivity index (χ3v) is 5.27. The van der Waals surface area contributed by atoms with Crippen molar-refractivity contribution in [2.75, 3.05) is 26.0 Å². The molecule has 7 nitrogen and oxygen atoms in total. The fraction of sp³-hybridized carbons (Fsp3) is 0.273. The summed E-state index contributed by atoms with van der Waals surface area (Å²) in [5.41, 5.74) is 0.302. The molecule has 0 fully saturated rings. The molecule has 0 atom stereocenters. The van der Waals surface area contributed by atoms with Crippen LogP contribution in [0.15, 0.2) is 53.9 Å². The molecule has 0 aliphatic rings. The summed E-state index contributed by atoms with van der Waals surface area (Å²) in [5.74, 6) is 5.72. The largest absolute Gasteiger partial charge is 0.416 e. The van der Waals surface area contributed by atoms with Gasteiger partial charge in [0, 0.05) is 30.6 Å². The lowest BCUT2D eigenvalue weighted by atomic mass is 10.1. The Morgan fingerprint density at radius 1 is 1.21 bits per heavy atom. The molecule has 0 saturated heterocycles. The molecule has 0 unspecified atom stereocenters. The Kier molecular flexibility index (Phi) is 8.46. The van der Waals surface area contributed by atoms with Gasteiger partial charge in [0.1, 0.15) is 0 Å². The predicted octanol–water partition coefficient (Wildman–Crippen LogP) is 3.27. The van der Waals surface area contributed by atoms with Gasteiger partial charge in [-0.1, -0.05) is 29.7 Å². The number of alkyl halides is 3. The number of hydrogen-bond acceptors (Lipinski definition) is 6. The Morgan fingerprint density at radius 3 is 2.73 bits per heavy atom. The average Bonchev–Trinajstić information content (AvgIpc) is 3.22. The highest BCUT2D eigenvalue weighted by Gasteiger charge is 2.30. The molecule has 0 spiro atoms. The van der Waals surface area contributed by atoms with Gasteiger partial charge in [-0.3, -0.25) is 14.3 Å². The number of nitrogens with zero attached hydrogens (tertiary/aromatic N) is 4. The van der Waals surface area contributed by atoms with Crippen LogP contribution in [0, 0.1) is 11.8 Å². The third-order valence-electron chi connectivity index (χ3n) is 4.30. The molecule has 0 saturated carbocycles. The summed E-state index contributed by atoms with van der Waals surface area (Å²) in [6.07, 6.45) is -1.11. The highest BCUT2D eigenvalue weighted by molar-refractivity contribution is 7.99. The number of rotatable bonds is 8. The number of nitrogens with one attached hydrogen (secondary N) is 1. The first-order chi connectivity index (χ1) is 15.9. The summed E-state index contributed by atoms with van der Waals surface area (Å²) in [5, 5.41) is 11.6. The Balaban J connectivity index is 1.56. The lowest BCUT2D eigenvalue weighted by Gasteiger charge is -2.09. The molecule has 0 radical (unpaired) electrons. The van der Waals surface area contributed by atoms with Crippen LogP contribution < -0.4 is 5.32 Å². The van der Waals surface area contributed by atoms with Gasteiger partial charge in [0.15, 0.2) is 11.0 Å². The van der Waals surface area contributed by atoms with E-state index in [1.807, 2.05) is 16.7 Å². The molecule has 172 valence electrons. The zero-order chi connectivity index (χ0) is 23.7. The summed E-state index contributed by atoms with van der Waals surface area (Å²) in [7, 11) is 1.59. The number of hydrogen-bond donors (Lipinski definition) is 1. The molecule has 2 heterocycles. The fourth-order valence-corrected chi connectivity index (χ4v) is 3.53. The van der Waals surface area contributed by atoms with Crippen molar-refractivity contribution in [2.24, 2.45) is 0 Å². The van der Waals surface area contributed by atoms with E-state index in [-0.39, 0.29) is 23.8 Å². The number of benzene rings is 1. The summed E-state index contributed by atoms with van der Waals surface area (Å²) in [6, 6.07) is 8.36. The van der Waals surface area contributed by atoms with E-state index in [0.29, 0.717) is 24.1 Å². The number of aromatic nitrogens is 4. The first kappa shape index (κ1) is 24.3. The Labute approximate surface area is 192 Å². The van der Waals surface area contributed by atoms with Crippen LogP contribution in [0.3, 0.4) is 0 Å². The standard InChI is InChI=1S/C22H20F3N5O2S/c1-32-13-12-30-20(17-7-10-26-11-8-17)28-29-21(30)33-15-19(31)27-9-3-5-16-4-2-6-18(14-16)22(23,24)25/h2,4,6-8,10-11,14H,9,12-13,15H2,1H3,(H,27,31).